The van der Waals surface area contributed by atoms with E-state index in [-0.39, 0.29) is 24.4 Å². The number of pyridine rings is 1. The molecule has 3 N–H and O–H groups in total. The number of carbonyl (C=O) groups excluding carboxylic acids is 2. The van der Waals surface area contributed by atoms with E-state index in [1.54, 1.807) is 24.4 Å². The number of rotatable bonds is 4. The maximum Gasteiger partial charge on any atom is 0.270 e. The van der Waals surface area contributed by atoms with Crippen molar-refractivity contribution in [1.29, 1.82) is 0 Å². The summed E-state index contributed by atoms with van der Waals surface area (Å²) in [7, 11) is 0. The number of hydrogen-bond donors (Lipinski definition) is 3. The zero-order valence-corrected chi connectivity index (χ0v) is 9.98. The molecule has 2 rings (SSSR count). The van der Waals surface area contributed by atoms with Gasteiger partial charge >= 0.3 is 0 Å². The Hall–Kier alpha value is -1.95. The average Bonchev–Trinajstić information content (AvgIpc) is 2.90. The van der Waals surface area contributed by atoms with Crippen LogP contribution < -0.4 is 16.0 Å². The highest BCUT2D eigenvalue weighted by atomic mass is 16.2. The van der Waals surface area contributed by atoms with Gasteiger partial charge < -0.3 is 16.0 Å². The first-order valence-corrected chi connectivity index (χ1v) is 5.95. The van der Waals surface area contributed by atoms with Gasteiger partial charge in [0.05, 0.1) is 6.54 Å². The van der Waals surface area contributed by atoms with Crippen molar-refractivity contribution in [2.24, 2.45) is 0 Å². The molecule has 6 heteroatoms. The molecule has 0 bridgehead atoms. The second kappa shape index (κ2) is 6.11. The lowest BCUT2D eigenvalue weighted by Gasteiger charge is -2.11. The summed E-state index contributed by atoms with van der Waals surface area (Å²) in [6, 6.07) is 5.24. The molecule has 1 fully saturated rings. The molecule has 1 saturated heterocycles. The van der Waals surface area contributed by atoms with Crippen LogP contribution in [0.4, 0.5) is 0 Å². The van der Waals surface area contributed by atoms with Gasteiger partial charge in [-0.25, -0.2) is 0 Å². The van der Waals surface area contributed by atoms with E-state index in [0.717, 1.165) is 19.5 Å². The quantitative estimate of drug-likeness (QED) is 0.657. The van der Waals surface area contributed by atoms with Gasteiger partial charge in [0.1, 0.15) is 5.69 Å². The highest BCUT2D eigenvalue weighted by molar-refractivity contribution is 5.94. The first-order chi connectivity index (χ1) is 8.75. The average molecular weight is 248 g/mol. The number of nitrogens with zero attached hydrogens (tertiary/aromatic N) is 1. The Morgan fingerprint density at radius 2 is 2.33 bits per heavy atom. The van der Waals surface area contributed by atoms with Crippen LogP contribution in [0.1, 0.15) is 16.9 Å². The van der Waals surface area contributed by atoms with Gasteiger partial charge in [0.2, 0.25) is 5.91 Å². The molecule has 0 spiro atoms. The molecule has 1 aliphatic rings. The Labute approximate surface area is 105 Å². The van der Waals surface area contributed by atoms with Gasteiger partial charge in [0.15, 0.2) is 0 Å². The molecule has 1 atom stereocenters. The van der Waals surface area contributed by atoms with Gasteiger partial charge in [0, 0.05) is 18.8 Å². The molecule has 1 aromatic rings. The van der Waals surface area contributed by atoms with Gasteiger partial charge in [-0.15, -0.1) is 0 Å². The molecule has 2 heterocycles. The summed E-state index contributed by atoms with van der Waals surface area (Å²) in [5.74, 6) is -0.511. The lowest BCUT2D eigenvalue weighted by Crippen LogP contribution is -2.42. The normalized spacial score (nSPS) is 18.3. The van der Waals surface area contributed by atoms with Crippen LogP contribution in [0.15, 0.2) is 24.4 Å². The number of hydrogen-bond acceptors (Lipinski definition) is 4. The third kappa shape index (κ3) is 3.53. The van der Waals surface area contributed by atoms with Gasteiger partial charge in [-0.2, -0.15) is 0 Å². The third-order valence-corrected chi connectivity index (χ3v) is 2.73. The summed E-state index contributed by atoms with van der Waals surface area (Å²) < 4.78 is 0. The molecule has 6 nitrogen and oxygen atoms in total. The molecule has 1 unspecified atom stereocenters. The summed E-state index contributed by atoms with van der Waals surface area (Å²) in [5, 5.41) is 8.54. The molecular weight excluding hydrogens is 232 g/mol. The topological polar surface area (TPSA) is 83.1 Å². The summed E-state index contributed by atoms with van der Waals surface area (Å²) in [6.45, 7) is 1.69. The van der Waals surface area contributed by atoms with E-state index in [9.17, 15) is 9.59 Å². The Morgan fingerprint density at radius 1 is 1.44 bits per heavy atom. The smallest absolute Gasteiger partial charge is 0.270 e. The Bertz CT molecular complexity index is 415. The van der Waals surface area contributed by atoms with E-state index in [0.29, 0.717) is 5.69 Å². The van der Waals surface area contributed by atoms with Crippen molar-refractivity contribution in [1.82, 2.24) is 20.9 Å². The second-order valence-corrected chi connectivity index (χ2v) is 4.15. The number of amides is 2. The van der Waals surface area contributed by atoms with E-state index < -0.39 is 0 Å². The molecule has 0 saturated carbocycles. The van der Waals surface area contributed by atoms with Gasteiger partial charge in [0.25, 0.3) is 5.91 Å². The Morgan fingerprint density at radius 3 is 3.00 bits per heavy atom. The molecule has 0 aliphatic carbocycles. The van der Waals surface area contributed by atoms with Crippen molar-refractivity contribution >= 4 is 11.8 Å². The molecule has 18 heavy (non-hydrogen) atoms. The first-order valence-electron chi connectivity index (χ1n) is 5.95. The zero-order valence-electron chi connectivity index (χ0n) is 9.98. The largest absolute Gasteiger partial charge is 0.351 e. The minimum Gasteiger partial charge on any atom is -0.351 e. The molecule has 2 amide bonds. The molecule has 1 aliphatic heterocycles. The maximum atomic E-state index is 11.6. The first kappa shape index (κ1) is 12.5. The zero-order chi connectivity index (χ0) is 12.8. The maximum absolute atomic E-state index is 11.6. The number of carbonyl (C=O) groups is 2. The van der Waals surface area contributed by atoms with E-state index >= 15 is 0 Å². The second-order valence-electron chi connectivity index (χ2n) is 4.15. The van der Waals surface area contributed by atoms with Crippen LogP contribution in [-0.4, -0.2) is 42.5 Å². The van der Waals surface area contributed by atoms with E-state index in [1.807, 2.05) is 0 Å². The predicted octanol–water partition coefficient (Wildman–Crippen LogP) is -0.710. The van der Waals surface area contributed by atoms with Crippen molar-refractivity contribution in [2.75, 3.05) is 19.6 Å². The van der Waals surface area contributed by atoms with Crippen LogP contribution in [0.5, 0.6) is 0 Å². The minimum atomic E-state index is -0.338. The van der Waals surface area contributed by atoms with E-state index in [2.05, 4.69) is 20.9 Å². The van der Waals surface area contributed by atoms with Crippen molar-refractivity contribution in [3.05, 3.63) is 30.1 Å². The highest BCUT2D eigenvalue weighted by Gasteiger charge is 2.17. The fraction of sp³-hybridized carbons (Fsp3) is 0.417. The number of nitrogens with one attached hydrogen (secondary N) is 3. The molecule has 0 aromatic carbocycles. The van der Waals surface area contributed by atoms with E-state index in [1.165, 1.54) is 0 Å². The lowest BCUT2D eigenvalue weighted by molar-refractivity contribution is -0.120. The van der Waals surface area contributed by atoms with Crippen LogP contribution in [-0.2, 0) is 4.79 Å². The van der Waals surface area contributed by atoms with Crippen molar-refractivity contribution in [2.45, 2.75) is 12.5 Å². The minimum absolute atomic E-state index is 0.0219. The Kier molecular flexibility index (Phi) is 4.25. The third-order valence-electron chi connectivity index (χ3n) is 2.73. The SMILES string of the molecule is O=C(CNC(=O)c1ccccn1)NC1CCNC1. The van der Waals surface area contributed by atoms with Crippen LogP contribution >= 0.6 is 0 Å². The molecule has 0 radical (unpaired) electrons. The van der Waals surface area contributed by atoms with Crippen LogP contribution in [0.3, 0.4) is 0 Å². The highest BCUT2D eigenvalue weighted by Crippen LogP contribution is 1.96. The van der Waals surface area contributed by atoms with Gasteiger partial charge in [-0.3, -0.25) is 14.6 Å². The fourth-order valence-corrected chi connectivity index (χ4v) is 1.80. The monoisotopic (exact) mass is 248 g/mol. The van der Waals surface area contributed by atoms with Crippen molar-refractivity contribution < 1.29 is 9.59 Å². The summed E-state index contributed by atoms with van der Waals surface area (Å²) >= 11 is 0. The van der Waals surface area contributed by atoms with Crippen molar-refractivity contribution in [3.63, 3.8) is 0 Å². The summed E-state index contributed by atoms with van der Waals surface area (Å²) in [6.07, 6.45) is 2.47. The van der Waals surface area contributed by atoms with Crippen LogP contribution in [0.2, 0.25) is 0 Å². The Balaban J connectivity index is 1.74. The molecule has 96 valence electrons. The summed E-state index contributed by atoms with van der Waals surface area (Å²) in [5.41, 5.74) is 0.313. The fourth-order valence-electron chi connectivity index (χ4n) is 1.80. The predicted molar refractivity (Wildman–Crippen MR) is 66.0 cm³/mol. The van der Waals surface area contributed by atoms with Crippen LogP contribution in [0.25, 0.3) is 0 Å². The molecular formula is C12H16N4O2. The van der Waals surface area contributed by atoms with Crippen LogP contribution in [0, 0.1) is 0 Å². The number of aromatic nitrogens is 1. The standard InChI is InChI=1S/C12H16N4O2/c17-11(16-9-4-6-13-7-9)8-15-12(18)10-3-1-2-5-14-10/h1-3,5,9,13H,4,6-8H2,(H,15,18)(H,16,17). The summed E-state index contributed by atoms with van der Waals surface area (Å²) in [4.78, 5) is 27.1. The van der Waals surface area contributed by atoms with E-state index in [4.69, 9.17) is 0 Å². The van der Waals surface area contributed by atoms with Gasteiger partial charge in [-0.1, -0.05) is 6.07 Å². The van der Waals surface area contributed by atoms with Crippen molar-refractivity contribution in [3.8, 4) is 0 Å². The lowest BCUT2D eigenvalue weighted by atomic mass is 10.2. The van der Waals surface area contributed by atoms with Gasteiger partial charge in [-0.05, 0) is 25.1 Å². The molecule has 1 aromatic heterocycles.